The van der Waals surface area contributed by atoms with Gasteiger partial charge in [0.1, 0.15) is 5.82 Å². The standard InChI is InChI=1S/C16H28N4/c1-2-10-20-13-9-18-16(20)14-5-11-19(12-6-14)15-3-7-17-8-4-15/h9,13-15,17H,2-8,10-12H2,1H3. The molecule has 1 N–H and O–H groups in total. The fraction of sp³-hybridized carbons (Fsp3) is 0.812. The molecule has 4 nitrogen and oxygen atoms in total. The predicted octanol–water partition coefficient (Wildman–Crippen LogP) is 2.22. The van der Waals surface area contributed by atoms with Crippen molar-refractivity contribution in [1.82, 2.24) is 19.8 Å². The summed E-state index contributed by atoms with van der Waals surface area (Å²) in [6.07, 6.45) is 10.5. The molecule has 4 heteroatoms. The number of nitrogens with one attached hydrogen (secondary N) is 1. The zero-order valence-electron chi connectivity index (χ0n) is 12.7. The van der Waals surface area contributed by atoms with Gasteiger partial charge in [-0.25, -0.2) is 4.98 Å². The molecule has 20 heavy (non-hydrogen) atoms. The highest BCUT2D eigenvalue weighted by Gasteiger charge is 2.28. The van der Waals surface area contributed by atoms with Gasteiger partial charge in [0.05, 0.1) is 0 Å². The van der Waals surface area contributed by atoms with Crippen molar-refractivity contribution in [3.05, 3.63) is 18.2 Å². The van der Waals surface area contributed by atoms with E-state index in [0.717, 1.165) is 12.6 Å². The molecule has 3 rings (SSSR count). The molecule has 1 aromatic heterocycles. The maximum atomic E-state index is 4.63. The molecule has 0 atom stereocenters. The highest BCUT2D eigenvalue weighted by atomic mass is 15.2. The van der Waals surface area contributed by atoms with Crippen LogP contribution in [0.5, 0.6) is 0 Å². The second kappa shape index (κ2) is 6.72. The lowest BCUT2D eigenvalue weighted by Crippen LogP contribution is -2.46. The summed E-state index contributed by atoms with van der Waals surface area (Å²) in [7, 11) is 0. The number of aromatic nitrogens is 2. The fourth-order valence-corrected chi connectivity index (χ4v) is 3.81. The second-order valence-corrected chi connectivity index (χ2v) is 6.27. The zero-order chi connectivity index (χ0) is 13.8. The van der Waals surface area contributed by atoms with Crippen molar-refractivity contribution in [2.24, 2.45) is 0 Å². The van der Waals surface area contributed by atoms with Crippen LogP contribution in [0, 0.1) is 0 Å². The Hall–Kier alpha value is -0.870. The Bertz CT molecular complexity index is 400. The van der Waals surface area contributed by atoms with E-state index in [1.54, 1.807) is 0 Å². The van der Waals surface area contributed by atoms with E-state index in [4.69, 9.17) is 0 Å². The van der Waals surface area contributed by atoms with Gasteiger partial charge in [0.15, 0.2) is 0 Å². The molecular formula is C16H28N4. The average molecular weight is 276 g/mol. The van der Waals surface area contributed by atoms with Gasteiger partial charge in [-0.15, -0.1) is 0 Å². The molecule has 0 radical (unpaired) electrons. The third-order valence-corrected chi connectivity index (χ3v) is 4.93. The minimum atomic E-state index is 0.675. The van der Waals surface area contributed by atoms with E-state index in [0.29, 0.717) is 5.92 Å². The minimum absolute atomic E-state index is 0.675. The monoisotopic (exact) mass is 276 g/mol. The lowest BCUT2D eigenvalue weighted by Gasteiger charge is -2.39. The van der Waals surface area contributed by atoms with Crippen LogP contribution in [0.3, 0.4) is 0 Å². The molecule has 0 saturated carbocycles. The Morgan fingerprint density at radius 3 is 2.65 bits per heavy atom. The SMILES string of the molecule is CCCn1ccnc1C1CCN(C2CCNCC2)CC1. The number of hydrogen-bond acceptors (Lipinski definition) is 3. The van der Waals surface area contributed by atoms with E-state index in [-0.39, 0.29) is 0 Å². The largest absolute Gasteiger partial charge is 0.335 e. The van der Waals surface area contributed by atoms with Gasteiger partial charge in [-0.1, -0.05) is 6.92 Å². The lowest BCUT2D eigenvalue weighted by molar-refractivity contribution is 0.124. The first-order valence-corrected chi connectivity index (χ1v) is 8.34. The van der Waals surface area contributed by atoms with E-state index in [1.807, 2.05) is 6.20 Å². The number of likely N-dealkylation sites (tertiary alicyclic amines) is 1. The highest BCUT2D eigenvalue weighted by molar-refractivity contribution is 5.03. The molecule has 0 amide bonds. The molecule has 2 fully saturated rings. The van der Waals surface area contributed by atoms with Crippen LogP contribution in [0.25, 0.3) is 0 Å². The quantitative estimate of drug-likeness (QED) is 0.915. The number of nitrogens with zero attached hydrogens (tertiary/aromatic N) is 3. The van der Waals surface area contributed by atoms with E-state index in [2.05, 4.69) is 32.9 Å². The Morgan fingerprint density at radius 2 is 1.95 bits per heavy atom. The molecule has 2 aliphatic rings. The summed E-state index contributed by atoms with van der Waals surface area (Å²) in [5, 5.41) is 3.47. The van der Waals surface area contributed by atoms with Crippen molar-refractivity contribution in [3.8, 4) is 0 Å². The van der Waals surface area contributed by atoms with Gasteiger partial charge in [0.25, 0.3) is 0 Å². The third kappa shape index (κ3) is 3.07. The van der Waals surface area contributed by atoms with Crippen molar-refractivity contribution in [3.63, 3.8) is 0 Å². The van der Waals surface area contributed by atoms with Crippen LogP contribution in [-0.2, 0) is 6.54 Å². The van der Waals surface area contributed by atoms with Gasteiger partial charge in [0, 0.05) is 30.9 Å². The summed E-state index contributed by atoms with van der Waals surface area (Å²) in [5.74, 6) is 2.01. The number of hydrogen-bond donors (Lipinski definition) is 1. The van der Waals surface area contributed by atoms with E-state index in [1.165, 1.54) is 64.1 Å². The van der Waals surface area contributed by atoms with Gasteiger partial charge in [-0.3, -0.25) is 0 Å². The van der Waals surface area contributed by atoms with Crippen LogP contribution in [0.4, 0.5) is 0 Å². The van der Waals surface area contributed by atoms with E-state index in [9.17, 15) is 0 Å². The Labute approximate surface area is 122 Å². The Kier molecular flexibility index (Phi) is 4.73. The molecule has 3 heterocycles. The van der Waals surface area contributed by atoms with Gasteiger partial charge in [-0.05, 0) is 58.3 Å². The summed E-state index contributed by atoms with van der Waals surface area (Å²) >= 11 is 0. The zero-order valence-corrected chi connectivity index (χ0v) is 12.7. The molecule has 112 valence electrons. The molecule has 0 spiro atoms. The molecular weight excluding hydrogens is 248 g/mol. The van der Waals surface area contributed by atoms with Gasteiger partial charge in [0.2, 0.25) is 0 Å². The van der Waals surface area contributed by atoms with Crippen molar-refractivity contribution in [2.75, 3.05) is 26.2 Å². The fourth-order valence-electron chi connectivity index (χ4n) is 3.81. The molecule has 0 aliphatic carbocycles. The molecule has 0 aromatic carbocycles. The molecule has 2 saturated heterocycles. The normalized spacial score (nSPS) is 23.2. The molecule has 0 unspecified atom stereocenters. The first-order chi connectivity index (χ1) is 9.88. The third-order valence-electron chi connectivity index (χ3n) is 4.93. The topological polar surface area (TPSA) is 33.1 Å². The number of imidazole rings is 1. The van der Waals surface area contributed by atoms with Crippen molar-refractivity contribution in [1.29, 1.82) is 0 Å². The summed E-state index contributed by atoms with van der Waals surface area (Å²) in [6.45, 7) is 8.27. The molecule has 2 aliphatic heterocycles. The van der Waals surface area contributed by atoms with E-state index >= 15 is 0 Å². The van der Waals surface area contributed by atoms with Crippen molar-refractivity contribution >= 4 is 0 Å². The molecule has 1 aromatic rings. The van der Waals surface area contributed by atoms with Crippen molar-refractivity contribution in [2.45, 2.75) is 57.5 Å². The van der Waals surface area contributed by atoms with Gasteiger partial charge < -0.3 is 14.8 Å². The summed E-state index contributed by atoms with van der Waals surface area (Å²) in [5.41, 5.74) is 0. The summed E-state index contributed by atoms with van der Waals surface area (Å²) in [6, 6.07) is 0.826. The average Bonchev–Trinajstić information content (AvgIpc) is 2.97. The highest BCUT2D eigenvalue weighted by Crippen LogP contribution is 2.29. The number of piperidine rings is 2. The minimum Gasteiger partial charge on any atom is -0.335 e. The van der Waals surface area contributed by atoms with Gasteiger partial charge in [-0.2, -0.15) is 0 Å². The molecule has 0 bridgehead atoms. The van der Waals surface area contributed by atoms with E-state index < -0.39 is 0 Å². The number of rotatable bonds is 4. The van der Waals surface area contributed by atoms with Crippen molar-refractivity contribution < 1.29 is 0 Å². The van der Waals surface area contributed by atoms with Crippen LogP contribution in [0.1, 0.15) is 50.8 Å². The van der Waals surface area contributed by atoms with Crippen LogP contribution in [-0.4, -0.2) is 46.7 Å². The lowest BCUT2D eigenvalue weighted by atomic mass is 9.93. The van der Waals surface area contributed by atoms with Crippen LogP contribution in [0.15, 0.2) is 12.4 Å². The second-order valence-electron chi connectivity index (χ2n) is 6.27. The Morgan fingerprint density at radius 1 is 1.20 bits per heavy atom. The Balaban J connectivity index is 1.56. The summed E-state index contributed by atoms with van der Waals surface area (Å²) < 4.78 is 2.37. The maximum Gasteiger partial charge on any atom is 0.111 e. The maximum absolute atomic E-state index is 4.63. The first-order valence-electron chi connectivity index (χ1n) is 8.34. The first kappa shape index (κ1) is 14.1. The predicted molar refractivity (Wildman–Crippen MR) is 82.0 cm³/mol. The number of aryl methyl sites for hydroxylation is 1. The van der Waals surface area contributed by atoms with Crippen LogP contribution >= 0.6 is 0 Å². The van der Waals surface area contributed by atoms with Gasteiger partial charge >= 0.3 is 0 Å². The van der Waals surface area contributed by atoms with Crippen LogP contribution < -0.4 is 5.32 Å². The summed E-state index contributed by atoms with van der Waals surface area (Å²) in [4.78, 5) is 7.36. The van der Waals surface area contributed by atoms with Crippen LogP contribution in [0.2, 0.25) is 0 Å². The smallest absolute Gasteiger partial charge is 0.111 e.